The van der Waals surface area contributed by atoms with E-state index in [-0.39, 0.29) is 12.7 Å². The number of ether oxygens (including phenoxy) is 3. The second kappa shape index (κ2) is 7.97. The zero-order valence-corrected chi connectivity index (χ0v) is 14.2. The first-order chi connectivity index (χ1) is 11.7. The van der Waals surface area contributed by atoms with Crippen molar-refractivity contribution in [3.63, 3.8) is 0 Å². The van der Waals surface area contributed by atoms with Crippen molar-refractivity contribution in [3.8, 4) is 17.2 Å². The molecule has 5 nitrogen and oxygen atoms in total. The molecule has 126 valence electrons. The van der Waals surface area contributed by atoms with Gasteiger partial charge in [-0.05, 0) is 35.4 Å². The van der Waals surface area contributed by atoms with Crippen molar-refractivity contribution in [3.05, 3.63) is 53.6 Å². The van der Waals surface area contributed by atoms with E-state index in [1.807, 2.05) is 42.5 Å². The van der Waals surface area contributed by atoms with Crippen molar-refractivity contribution < 1.29 is 19.0 Å². The Morgan fingerprint density at radius 3 is 2.92 bits per heavy atom. The molecule has 1 aliphatic rings. The normalized spacial score (nSPS) is 12.0. The molecule has 6 heteroatoms. The quantitative estimate of drug-likeness (QED) is 0.836. The fraction of sp³-hybridized carbons (Fsp3) is 0.278. The Morgan fingerprint density at radius 1 is 1.17 bits per heavy atom. The lowest BCUT2D eigenvalue weighted by Gasteiger charge is -2.07. The Morgan fingerprint density at radius 2 is 2.04 bits per heavy atom. The van der Waals surface area contributed by atoms with E-state index in [0.717, 1.165) is 34.1 Å². The van der Waals surface area contributed by atoms with Crippen LogP contribution in [0.15, 0.2) is 42.5 Å². The molecule has 2 aromatic rings. The predicted octanol–water partition coefficient (Wildman–Crippen LogP) is 2.97. The van der Waals surface area contributed by atoms with Crippen LogP contribution in [-0.4, -0.2) is 25.6 Å². The van der Waals surface area contributed by atoms with E-state index in [2.05, 4.69) is 5.32 Å². The number of carbonyl (C=O) groups is 1. The van der Waals surface area contributed by atoms with Crippen molar-refractivity contribution >= 4 is 17.7 Å². The zero-order valence-electron chi connectivity index (χ0n) is 13.4. The molecule has 2 aromatic carbocycles. The van der Waals surface area contributed by atoms with Crippen LogP contribution in [0.4, 0.5) is 0 Å². The van der Waals surface area contributed by atoms with Crippen molar-refractivity contribution in [2.24, 2.45) is 0 Å². The van der Waals surface area contributed by atoms with Gasteiger partial charge in [-0.3, -0.25) is 4.79 Å². The van der Waals surface area contributed by atoms with E-state index >= 15 is 0 Å². The van der Waals surface area contributed by atoms with E-state index in [1.54, 1.807) is 18.9 Å². The van der Waals surface area contributed by atoms with Crippen LogP contribution in [0.2, 0.25) is 0 Å². The Labute approximate surface area is 145 Å². The summed E-state index contributed by atoms with van der Waals surface area (Å²) in [5.74, 6) is 3.53. The molecule has 0 atom stereocenters. The Balaban J connectivity index is 1.41. The van der Waals surface area contributed by atoms with Crippen molar-refractivity contribution in [1.82, 2.24) is 5.32 Å². The molecule has 0 fully saturated rings. The molecular formula is C18H19NO4S. The van der Waals surface area contributed by atoms with Crippen LogP contribution in [0.25, 0.3) is 0 Å². The number of carbonyl (C=O) groups excluding carboxylic acids is 1. The number of nitrogens with one attached hydrogen (secondary N) is 1. The van der Waals surface area contributed by atoms with Crippen LogP contribution >= 0.6 is 11.8 Å². The van der Waals surface area contributed by atoms with Crippen LogP contribution in [-0.2, 0) is 17.1 Å². The van der Waals surface area contributed by atoms with E-state index < -0.39 is 0 Å². The summed E-state index contributed by atoms with van der Waals surface area (Å²) >= 11 is 1.57. The second-order valence-electron chi connectivity index (χ2n) is 5.31. The van der Waals surface area contributed by atoms with Crippen molar-refractivity contribution in [2.75, 3.05) is 19.7 Å². The molecule has 0 saturated carbocycles. The monoisotopic (exact) mass is 345 g/mol. The highest BCUT2D eigenvalue weighted by Gasteiger charge is 2.13. The standard InChI is InChI=1S/C18H19NO4S/c1-21-15-4-2-3-13(7-15)9-19-18(20)11-24-10-14-5-6-16-17(8-14)23-12-22-16/h2-8H,9-12H2,1H3,(H,19,20). The third kappa shape index (κ3) is 4.35. The number of rotatable bonds is 7. The lowest BCUT2D eigenvalue weighted by Crippen LogP contribution is -2.24. The topological polar surface area (TPSA) is 56.8 Å². The number of amides is 1. The van der Waals surface area contributed by atoms with E-state index in [1.165, 1.54) is 0 Å². The van der Waals surface area contributed by atoms with Gasteiger partial charge in [-0.2, -0.15) is 0 Å². The smallest absolute Gasteiger partial charge is 0.231 e. The lowest BCUT2D eigenvalue weighted by molar-refractivity contribution is -0.118. The largest absolute Gasteiger partial charge is 0.497 e. The molecule has 0 aliphatic carbocycles. The van der Waals surface area contributed by atoms with Crippen LogP contribution in [0.3, 0.4) is 0 Å². The summed E-state index contributed by atoms with van der Waals surface area (Å²) in [6, 6.07) is 13.5. The molecule has 0 unspecified atom stereocenters. The summed E-state index contributed by atoms with van der Waals surface area (Å²) in [7, 11) is 1.63. The minimum atomic E-state index is 0.0172. The van der Waals surface area contributed by atoms with Gasteiger partial charge >= 0.3 is 0 Å². The predicted molar refractivity (Wildman–Crippen MR) is 93.6 cm³/mol. The molecule has 1 aliphatic heterocycles. The maximum absolute atomic E-state index is 11.9. The van der Waals surface area contributed by atoms with Gasteiger partial charge in [0.2, 0.25) is 12.7 Å². The average Bonchev–Trinajstić information content (AvgIpc) is 3.08. The third-order valence-electron chi connectivity index (χ3n) is 3.56. The van der Waals surface area contributed by atoms with Crippen molar-refractivity contribution in [2.45, 2.75) is 12.3 Å². The molecule has 24 heavy (non-hydrogen) atoms. The fourth-order valence-corrected chi connectivity index (χ4v) is 3.13. The average molecular weight is 345 g/mol. The molecular weight excluding hydrogens is 326 g/mol. The van der Waals surface area contributed by atoms with Crippen LogP contribution in [0.1, 0.15) is 11.1 Å². The first kappa shape index (κ1) is 16.5. The molecule has 0 aromatic heterocycles. The number of fused-ring (bicyclic) bond motifs is 1. The summed E-state index contributed by atoms with van der Waals surface area (Å²) in [5, 5.41) is 2.92. The summed E-state index contributed by atoms with van der Waals surface area (Å²) in [4.78, 5) is 11.9. The highest BCUT2D eigenvalue weighted by Crippen LogP contribution is 2.33. The van der Waals surface area contributed by atoms with E-state index in [4.69, 9.17) is 14.2 Å². The lowest BCUT2D eigenvalue weighted by atomic mass is 10.2. The summed E-state index contributed by atoms with van der Waals surface area (Å²) in [6.45, 7) is 0.777. The maximum atomic E-state index is 11.9. The fourth-order valence-electron chi connectivity index (χ4n) is 2.33. The van der Waals surface area contributed by atoms with Gasteiger partial charge in [0.15, 0.2) is 11.5 Å². The summed E-state index contributed by atoms with van der Waals surface area (Å²) in [6.07, 6.45) is 0. The number of hydrogen-bond acceptors (Lipinski definition) is 5. The third-order valence-corrected chi connectivity index (χ3v) is 4.57. The number of benzene rings is 2. The molecule has 0 spiro atoms. The minimum absolute atomic E-state index is 0.0172. The van der Waals surface area contributed by atoms with Gasteiger partial charge in [-0.15, -0.1) is 11.8 Å². The van der Waals surface area contributed by atoms with Gasteiger partial charge in [0.05, 0.1) is 12.9 Å². The Bertz CT molecular complexity index is 720. The highest BCUT2D eigenvalue weighted by atomic mass is 32.2. The number of hydrogen-bond donors (Lipinski definition) is 1. The maximum Gasteiger partial charge on any atom is 0.231 e. The van der Waals surface area contributed by atoms with Gasteiger partial charge in [0.25, 0.3) is 0 Å². The first-order valence-electron chi connectivity index (χ1n) is 7.60. The Kier molecular flexibility index (Phi) is 5.48. The summed E-state index contributed by atoms with van der Waals surface area (Å²) < 4.78 is 15.8. The van der Waals surface area contributed by atoms with Gasteiger partial charge in [0.1, 0.15) is 5.75 Å². The highest BCUT2D eigenvalue weighted by molar-refractivity contribution is 7.99. The van der Waals surface area contributed by atoms with E-state index in [9.17, 15) is 4.79 Å². The second-order valence-corrected chi connectivity index (χ2v) is 6.29. The van der Waals surface area contributed by atoms with Gasteiger partial charge in [0, 0.05) is 12.3 Å². The zero-order chi connectivity index (χ0) is 16.8. The van der Waals surface area contributed by atoms with Gasteiger partial charge in [-0.1, -0.05) is 18.2 Å². The minimum Gasteiger partial charge on any atom is -0.497 e. The van der Waals surface area contributed by atoms with E-state index in [0.29, 0.717) is 12.3 Å². The van der Waals surface area contributed by atoms with Gasteiger partial charge in [-0.25, -0.2) is 0 Å². The van der Waals surface area contributed by atoms with Crippen LogP contribution in [0.5, 0.6) is 17.2 Å². The molecule has 3 rings (SSSR count). The molecule has 1 N–H and O–H groups in total. The number of methoxy groups -OCH3 is 1. The summed E-state index contributed by atoms with van der Waals surface area (Å²) in [5.41, 5.74) is 2.13. The Hall–Kier alpha value is -2.34. The van der Waals surface area contributed by atoms with Crippen LogP contribution < -0.4 is 19.5 Å². The molecule has 0 saturated heterocycles. The van der Waals surface area contributed by atoms with Crippen molar-refractivity contribution in [1.29, 1.82) is 0 Å². The molecule has 0 radical (unpaired) electrons. The van der Waals surface area contributed by atoms with Gasteiger partial charge < -0.3 is 19.5 Å². The molecule has 1 heterocycles. The molecule has 0 bridgehead atoms. The van der Waals surface area contributed by atoms with Crippen LogP contribution in [0, 0.1) is 0 Å². The number of thioether (sulfide) groups is 1. The molecule has 1 amide bonds. The SMILES string of the molecule is COc1cccc(CNC(=O)CSCc2ccc3c(c2)OCO3)c1. The first-order valence-corrected chi connectivity index (χ1v) is 8.76.